The number of benzene rings is 2. The van der Waals surface area contributed by atoms with Crippen LogP contribution < -0.4 is 10.2 Å². The summed E-state index contributed by atoms with van der Waals surface area (Å²) in [6, 6.07) is 18.7. The molecule has 3 heterocycles. The maximum atomic E-state index is 13.7. The Kier molecular flexibility index (Phi) is 5.75. The molecule has 8 heteroatoms. The van der Waals surface area contributed by atoms with Crippen LogP contribution in [-0.2, 0) is 0 Å². The molecule has 1 fully saturated rings. The minimum atomic E-state index is -0.311. The van der Waals surface area contributed by atoms with Crippen LogP contribution in [0.5, 0.6) is 5.75 Å². The van der Waals surface area contributed by atoms with Crippen molar-refractivity contribution in [3.8, 4) is 11.4 Å². The largest absolute Gasteiger partial charge is 0.506 e. The summed E-state index contributed by atoms with van der Waals surface area (Å²) in [5, 5.41) is 15.1. The predicted molar refractivity (Wildman–Crippen MR) is 136 cm³/mol. The Morgan fingerprint density at radius 1 is 1.06 bits per heavy atom. The molecule has 0 bridgehead atoms. The molecule has 0 aliphatic carbocycles. The fourth-order valence-corrected chi connectivity index (χ4v) is 5.20. The lowest BCUT2D eigenvalue weighted by Crippen LogP contribution is -2.29. The third-order valence-corrected chi connectivity index (χ3v) is 6.72. The van der Waals surface area contributed by atoms with Crippen molar-refractivity contribution in [2.24, 2.45) is 0 Å². The third kappa shape index (κ3) is 3.81. The van der Waals surface area contributed by atoms with Crippen molar-refractivity contribution in [1.29, 1.82) is 0 Å². The molecule has 34 heavy (non-hydrogen) atoms. The molecule has 1 saturated heterocycles. The second-order valence-corrected chi connectivity index (χ2v) is 9.09. The van der Waals surface area contributed by atoms with E-state index >= 15 is 0 Å². The first-order valence-electron chi connectivity index (χ1n) is 10.8. The van der Waals surface area contributed by atoms with Gasteiger partial charge in [-0.1, -0.05) is 17.7 Å². The van der Waals surface area contributed by atoms with E-state index in [1.165, 1.54) is 12.1 Å². The lowest BCUT2D eigenvalue weighted by atomic mass is 9.96. The first-order chi connectivity index (χ1) is 16.3. The van der Waals surface area contributed by atoms with Crippen molar-refractivity contribution in [2.45, 2.75) is 25.9 Å². The third-order valence-electron chi connectivity index (χ3n) is 6.17. The number of aromatic nitrogens is 2. The van der Waals surface area contributed by atoms with E-state index in [9.17, 15) is 9.50 Å². The molecule has 1 aliphatic heterocycles. The summed E-state index contributed by atoms with van der Waals surface area (Å²) in [5.74, 6) is -0.177. The Bertz CT molecular complexity index is 1370. The maximum Gasteiger partial charge on any atom is 0.174 e. The van der Waals surface area contributed by atoms with E-state index in [1.54, 1.807) is 36.5 Å². The predicted octanol–water partition coefficient (Wildman–Crippen LogP) is 6.16. The normalized spacial score (nSPS) is 17.8. The number of rotatable bonds is 4. The van der Waals surface area contributed by atoms with Gasteiger partial charge in [0.15, 0.2) is 5.11 Å². The topological polar surface area (TPSA) is 53.3 Å². The van der Waals surface area contributed by atoms with Crippen LogP contribution >= 0.6 is 23.8 Å². The molecule has 0 saturated carbocycles. The van der Waals surface area contributed by atoms with Crippen LogP contribution in [0.3, 0.4) is 0 Å². The number of nitrogens with zero attached hydrogens (tertiary/aromatic N) is 3. The second kappa shape index (κ2) is 8.74. The van der Waals surface area contributed by atoms with Gasteiger partial charge in [0.05, 0.1) is 23.5 Å². The van der Waals surface area contributed by atoms with Gasteiger partial charge in [0.2, 0.25) is 0 Å². The van der Waals surface area contributed by atoms with E-state index < -0.39 is 0 Å². The molecular weight excluding hydrogens is 471 g/mol. The zero-order valence-corrected chi connectivity index (χ0v) is 20.1. The van der Waals surface area contributed by atoms with E-state index in [1.807, 2.05) is 41.5 Å². The zero-order valence-electron chi connectivity index (χ0n) is 18.5. The SMILES string of the molecule is Cc1cc([C@@H]2[C@H](c3ccccn3)NC(=S)N2c2ccc(F)cc2)c(C)n1-c1cc(Cl)ccc1O. The van der Waals surface area contributed by atoms with Gasteiger partial charge in [-0.05, 0) is 92.3 Å². The molecule has 2 aromatic carbocycles. The van der Waals surface area contributed by atoms with Crippen LogP contribution in [0.2, 0.25) is 5.02 Å². The van der Waals surface area contributed by atoms with Crippen LogP contribution in [0.15, 0.2) is 72.9 Å². The molecule has 5 nitrogen and oxygen atoms in total. The second-order valence-electron chi connectivity index (χ2n) is 8.27. The Morgan fingerprint density at radius 2 is 1.82 bits per heavy atom. The van der Waals surface area contributed by atoms with Gasteiger partial charge in [0.25, 0.3) is 0 Å². The number of thiocarbonyl (C=S) groups is 1. The first kappa shape index (κ1) is 22.4. The number of pyridine rings is 1. The van der Waals surface area contributed by atoms with Crippen molar-refractivity contribution >= 4 is 34.6 Å². The summed E-state index contributed by atoms with van der Waals surface area (Å²) in [5.41, 5.74) is 5.09. The molecule has 2 atom stereocenters. The lowest BCUT2D eigenvalue weighted by Gasteiger charge is -2.28. The monoisotopic (exact) mass is 492 g/mol. The Morgan fingerprint density at radius 3 is 2.53 bits per heavy atom. The highest BCUT2D eigenvalue weighted by molar-refractivity contribution is 7.80. The fourth-order valence-electron chi connectivity index (χ4n) is 4.68. The minimum absolute atomic E-state index is 0.134. The molecule has 0 unspecified atom stereocenters. The number of phenolic OH excluding ortho intramolecular Hbond substituents is 1. The lowest BCUT2D eigenvalue weighted by molar-refractivity contribution is 0.471. The van der Waals surface area contributed by atoms with E-state index in [0.717, 1.165) is 28.3 Å². The molecule has 1 aliphatic rings. The van der Waals surface area contributed by atoms with Crippen LogP contribution in [0.1, 0.15) is 34.7 Å². The summed E-state index contributed by atoms with van der Waals surface area (Å²) in [6.07, 6.45) is 1.75. The van der Waals surface area contributed by atoms with Gasteiger partial charge < -0.3 is 19.9 Å². The Balaban J connectivity index is 1.70. The van der Waals surface area contributed by atoms with Crippen LogP contribution in [0.25, 0.3) is 5.69 Å². The molecule has 172 valence electrons. The summed E-state index contributed by atoms with van der Waals surface area (Å²) in [6.45, 7) is 3.98. The van der Waals surface area contributed by atoms with E-state index in [4.69, 9.17) is 23.8 Å². The van der Waals surface area contributed by atoms with Crippen molar-refractivity contribution < 1.29 is 9.50 Å². The summed E-state index contributed by atoms with van der Waals surface area (Å²) >= 11 is 12.0. The van der Waals surface area contributed by atoms with Gasteiger partial charge >= 0.3 is 0 Å². The van der Waals surface area contributed by atoms with Gasteiger partial charge in [0, 0.05) is 28.3 Å². The number of nitrogens with one attached hydrogen (secondary N) is 1. The molecule has 0 radical (unpaired) electrons. The van der Waals surface area contributed by atoms with E-state index in [0.29, 0.717) is 15.8 Å². The van der Waals surface area contributed by atoms with Crippen LogP contribution in [0.4, 0.5) is 10.1 Å². The molecule has 0 amide bonds. The molecule has 2 N–H and O–H groups in total. The first-order valence-corrected chi connectivity index (χ1v) is 11.6. The van der Waals surface area contributed by atoms with E-state index in [-0.39, 0.29) is 23.7 Å². The number of aryl methyl sites for hydroxylation is 1. The van der Waals surface area contributed by atoms with Crippen LogP contribution in [0, 0.1) is 19.7 Å². The average Bonchev–Trinajstić information content (AvgIpc) is 3.32. The van der Waals surface area contributed by atoms with Gasteiger partial charge in [-0.25, -0.2) is 4.39 Å². The highest BCUT2D eigenvalue weighted by Gasteiger charge is 2.42. The van der Waals surface area contributed by atoms with Gasteiger partial charge in [-0.2, -0.15) is 0 Å². The molecule has 0 spiro atoms. The number of halogens is 2. The van der Waals surface area contributed by atoms with Gasteiger partial charge in [-0.15, -0.1) is 0 Å². The highest BCUT2D eigenvalue weighted by atomic mass is 35.5. The van der Waals surface area contributed by atoms with E-state index in [2.05, 4.69) is 16.4 Å². The summed E-state index contributed by atoms with van der Waals surface area (Å²) in [7, 11) is 0. The van der Waals surface area contributed by atoms with Crippen molar-refractivity contribution in [2.75, 3.05) is 4.90 Å². The minimum Gasteiger partial charge on any atom is -0.506 e. The Hall–Kier alpha value is -3.42. The van der Waals surface area contributed by atoms with Crippen LogP contribution in [-0.4, -0.2) is 19.8 Å². The van der Waals surface area contributed by atoms with Crippen molar-refractivity contribution in [3.63, 3.8) is 0 Å². The number of aromatic hydroxyl groups is 1. The summed E-state index contributed by atoms with van der Waals surface area (Å²) < 4.78 is 15.7. The molecule has 4 aromatic rings. The average molecular weight is 493 g/mol. The van der Waals surface area contributed by atoms with Crippen molar-refractivity contribution in [1.82, 2.24) is 14.9 Å². The fraction of sp³-hybridized carbons (Fsp3) is 0.154. The summed E-state index contributed by atoms with van der Waals surface area (Å²) in [4.78, 5) is 6.58. The van der Waals surface area contributed by atoms with Gasteiger partial charge in [0.1, 0.15) is 11.6 Å². The number of hydrogen-bond donors (Lipinski definition) is 2. The number of hydrogen-bond acceptors (Lipinski definition) is 3. The quantitative estimate of drug-likeness (QED) is 0.334. The maximum absolute atomic E-state index is 13.7. The standard InChI is InChI=1S/C26H22ClFN4OS/c1-15-13-20(16(2)31(15)22-14-17(27)6-11-23(22)33)25-24(21-5-3-4-12-29-21)30-26(34)32(25)19-9-7-18(28)8-10-19/h3-14,24-25,33H,1-2H3,(H,30,34)/t24-,25+/m0/s1. The molecule has 5 rings (SSSR count). The molecule has 2 aromatic heterocycles. The number of phenols is 1. The van der Waals surface area contributed by atoms with Gasteiger partial charge in [-0.3, -0.25) is 4.98 Å². The Labute approximate surface area is 207 Å². The molecular formula is C26H22ClFN4OS. The van der Waals surface area contributed by atoms with Crippen molar-refractivity contribution in [3.05, 3.63) is 106 Å². The smallest absolute Gasteiger partial charge is 0.174 e. The zero-order chi connectivity index (χ0) is 24.0. The number of anilines is 1. The highest BCUT2D eigenvalue weighted by Crippen LogP contribution is 2.44.